The molecule has 2 rings (SSSR count). The van der Waals surface area contributed by atoms with Crippen LogP contribution in [0.5, 0.6) is 0 Å². The SMILES string of the molecule is O=CCc1ccc(-c2ccccc2)c(Cl)c1. The van der Waals surface area contributed by atoms with Crippen molar-refractivity contribution in [2.24, 2.45) is 0 Å². The van der Waals surface area contributed by atoms with Crippen molar-refractivity contribution in [1.29, 1.82) is 0 Å². The van der Waals surface area contributed by atoms with Gasteiger partial charge in [-0.1, -0.05) is 54.1 Å². The maximum absolute atomic E-state index is 10.4. The molecule has 2 aromatic carbocycles. The topological polar surface area (TPSA) is 17.1 Å². The van der Waals surface area contributed by atoms with Crippen LogP contribution >= 0.6 is 11.6 Å². The van der Waals surface area contributed by atoms with E-state index in [0.717, 1.165) is 23.0 Å². The zero-order valence-electron chi connectivity index (χ0n) is 8.69. The molecule has 0 unspecified atom stereocenters. The lowest BCUT2D eigenvalue weighted by atomic mass is 10.0. The minimum atomic E-state index is 0.411. The van der Waals surface area contributed by atoms with E-state index >= 15 is 0 Å². The summed E-state index contributed by atoms with van der Waals surface area (Å²) < 4.78 is 0. The molecular weight excluding hydrogens is 220 g/mol. The molecule has 1 nitrogen and oxygen atoms in total. The van der Waals surface area contributed by atoms with Crippen LogP contribution in [-0.4, -0.2) is 6.29 Å². The molecule has 0 aromatic heterocycles. The van der Waals surface area contributed by atoms with Crippen LogP contribution in [0.1, 0.15) is 5.56 Å². The van der Waals surface area contributed by atoms with E-state index in [0.29, 0.717) is 11.4 Å². The number of rotatable bonds is 3. The molecule has 0 N–H and O–H groups in total. The second-order valence-corrected chi connectivity index (χ2v) is 3.96. The lowest BCUT2D eigenvalue weighted by Gasteiger charge is -2.05. The summed E-state index contributed by atoms with van der Waals surface area (Å²) >= 11 is 6.18. The third kappa shape index (κ3) is 2.31. The van der Waals surface area contributed by atoms with Crippen LogP contribution in [-0.2, 0) is 11.2 Å². The fourth-order valence-corrected chi connectivity index (χ4v) is 1.95. The van der Waals surface area contributed by atoms with Gasteiger partial charge in [0.2, 0.25) is 0 Å². The summed E-state index contributed by atoms with van der Waals surface area (Å²) in [4.78, 5) is 10.4. The van der Waals surface area contributed by atoms with E-state index < -0.39 is 0 Å². The lowest BCUT2D eigenvalue weighted by Crippen LogP contribution is -1.87. The van der Waals surface area contributed by atoms with Crippen molar-refractivity contribution in [2.75, 3.05) is 0 Å². The molecule has 0 radical (unpaired) electrons. The summed E-state index contributed by atoms with van der Waals surface area (Å²) in [7, 11) is 0. The molecule has 0 atom stereocenters. The smallest absolute Gasteiger partial charge is 0.124 e. The maximum Gasteiger partial charge on any atom is 0.124 e. The summed E-state index contributed by atoms with van der Waals surface area (Å²) in [5.74, 6) is 0. The predicted molar refractivity (Wildman–Crippen MR) is 66.7 cm³/mol. The number of carbonyl (C=O) groups is 1. The average molecular weight is 231 g/mol. The van der Waals surface area contributed by atoms with Crippen LogP contribution in [0.2, 0.25) is 5.02 Å². The fraction of sp³-hybridized carbons (Fsp3) is 0.0714. The molecule has 0 aliphatic heterocycles. The van der Waals surface area contributed by atoms with E-state index in [1.807, 2.05) is 48.5 Å². The first-order valence-corrected chi connectivity index (χ1v) is 5.46. The molecule has 0 saturated heterocycles. The highest BCUT2D eigenvalue weighted by Gasteiger charge is 2.03. The van der Waals surface area contributed by atoms with E-state index in [4.69, 9.17) is 11.6 Å². The van der Waals surface area contributed by atoms with Gasteiger partial charge in [0.05, 0.1) is 0 Å². The van der Waals surface area contributed by atoms with Crippen LogP contribution < -0.4 is 0 Å². The van der Waals surface area contributed by atoms with Gasteiger partial charge in [-0.3, -0.25) is 0 Å². The zero-order chi connectivity index (χ0) is 11.4. The minimum Gasteiger partial charge on any atom is -0.303 e. The molecule has 0 fully saturated rings. The number of hydrogen-bond acceptors (Lipinski definition) is 1. The summed E-state index contributed by atoms with van der Waals surface area (Å²) in [6, 6.07) is 15.7. The Balaban J connectivity index is 2.40. The van der Waals surface area contributed by atoms with Gasteiger partial charge in [-0.05, 0) is 17.2 Å². The molecule has 0 amide bonds. The van der Waals surface area contributed by atoms with Crippen molar-refractivity contribution in [3.8, 4) is 11.1 Å². The normalized spacial score (nSPS) is 10.1. The average Bonchev–Trinajstić information content (AvgIpc) is 2.31. The number of halogens is 1. The molecule has 2 aromatic rings. The molecule has 0 aliphatic carbocycles. The standard InChI is InChI=1S/C14H11ClO/c15-14-10-11(8-9-16)6-7-13(14)12-4-2-1-3-5-12/h1-7,9-10H,8H2. The van der Waals surface area contributed by atoms with Gasteiger partial charge in [-0.15, -0.1) is 0 Å². The largest absolute Gasteiger partial charge is 0.303 e. The van der Waals surface area contributed by atoms with Crippen LogP contribution in [0.4, 0.5) is 0 Å². The van der Waals surface area contributed by atoms with Gasteiger partial charge in [0.15, 0.2) is 0 Å². The Hall–Kier alpha value is -1.60. The number of carbonyl (C=O) groups excluding carboxylic acids is 1. The van der Waals surface area contributed by atoms with Crippen molar-refractivity contribution < 1.29 is 4.79 Å². The quantitative estimate of drug-likeness (QED) is 0.734. The Morgan fingerprint density at radius 1 is 1.06 bits per heavy atom. The monoisotopic (exact) mass is 230 g/mol. The summed E-state index contributed by atoms with van der Waals surface area (Å²) in [5.41, 5.74) is 3.03. The Morgan fingerprint density at radius 2 is 1.81 bits per heavy atom. The third-order valence-electron chi connectivity index (χ3n) is 2.44. The zero-order valence-corrected chi connectivity index (χ0v) is 9.45. The first kappa shape index (κ1) is 10.9. The van der Waals surface area contributed by atoms with Crippen LogP contribution in [0, 0.1) is 0 Å². The van der Waals surface area contributed by atoms with Crippen LogP contribution in [0.15, 0.2) is 48.5 Å². The number of hydrogen-bond donors (Lipinski definition) is 0. The van der Waals surface area contributed by atoms with E-state index in [9.17, 15) is 4.79 Å². The molecule has 16 heavy (non-hydrogen) atoms. The first-order chi connectivity index (χ1) is 7.81. The van der Waals surface area contributed by atoms with Gasteiger partial charge < -0.3 is 4.79 Å². The maximum atomic E-state index is 10.4. The van der Waals surface area contributed by atoms with Crippen molar-refractivity contribution >= 4 is 17.9 Å². The molecule has 0 spiro atoms. The van der Waals surface area contributed by atoms with Gasteiger partial charge in [-0.2, -0.15) is 0 Å². The fourth-order valence-electron chi connectivity index (χ4n) is 1.63. The van der Waals surface area contributed by atoms with Gasteiger partial charge in [-0.25, -0.2) is 0 Å². The van der Waals surface area contributed by atoms with Gasteiger partial charge in [0, 0.05) is 17.0 Å². The third-order valence-corrected chi connectivity index (χ3v) is 2.75. The molecule has 80 valence electrons. The van der Waals surface area contributed by atoms with Crippen molar-refractivity contribution in [2.45, 2.75) is 6.42 Å². The summed E-state index contributed by atoms with van der Waals surface area (Å²) in [6.45, 7) is 0. The van der Waals surface area contributed by atoms with Crippen molar-refractivity contribution in [3.05, 3.63) is 59.1 Å². The van der Waals surface area contributed by atoms with E-state index in [2.05, 4.69) is 0 Å². The van der Waals surface area contributed by atoms with Crippen molar-refractivity contribution in [1.82, 2.24) is 0 Å². The van der Waals surface area contributed by atoms with Crippen LogP contribution in [0.25, 0.3) is 11.1 Å². The summed E-state index contributed by atoms with van der Waals surface area (Å²) in [6.07, 6.45) is 1.29. The Labute approximate surface area is 99.7 Å². The molecule has 0 aliphatic rings. The molecular formula is C14H11ClO. The summed E-state index contributed by atoms with van der Waals surface area (Å²) in [5, 5.41) is 0.686. The van der Waals surface area contributed by atoms with E-state index in [-0.39, 0.29) is 0 Å². The van der Waals surface area contributed by atoms with Crippen LogP contribution in [0.3, 0.4) is 0 Å². The second-order valence-electron chi connectivity index (χ2n) is 3.55. The first-order valence-electron chi connectivity index (χ1n) is 5.09. The molecule has 0 heterocycles. The van der Waals surface area contributed by atoms with Crippen molar-refractivity contribution in [3.63, 3.8) is 0 Å². The van der Waals surface area contributed by atoms with Gasteiger partial charge in [0.1, 0.15) is 6.29 Å². The van der Waals surface area contributed by atoms with Gasteiger partial charge >= 0.3 is 0 Å². The number of aldehydes is 1. The predicted octanol–water partition coefficient (Wildman–Crippen LogP) is 3.75. The lowest BCUT2D eigenvalue weighted by molar-refractivity contribution is -0.107. The highest BCUT2D eigenvalue weighted by atomic mass is 35.5. The Morgan fingerprint density at radius 3 is 2.44 bits per heavy atom. The molecule has 2 heteroatoms. The molecule has 0 bridgehead atoms. The van der Waals surface area contributed by atoms with E-state index in [1.54, 1.807) is 0 Å². The second kappa shape index (κ2) is 4.95. The number of benzene rings is 2. The molecule has 0 saturated carbocycles. The minimum absolute atomic E-state index is 0.411. The van der Waals surface area contributed by atoms with Gasteiger partial charge in [0.25, 0.3) is 0 Å². The highest BCUT2D eigenvalue weighted by Crippen LogP contribution is 2.28. The highest BCUT2D eigenvalue weighted by molar-refractivity contribution is 6.33. The Kier molecular flexibility index (Phi) is 3.37. The van der Waals surface area contributed by atoms with E-state index in [1.165, 1.54) is 0 Å². The Bertz CT molecular complexity index is 491.